The van der Waals surface area contributed by atoms with Crippen molar-refractivity contribution in [2.75, 3.05) is 19.6 Å². The Morgan fingerprint density at radius 1 is 0.848 bits per heavy atom. The van der Waals surface area contributed by atoms with Crippen molar-refractivity contribution < 1.29 is 5.11 Å². The zero-order valence-corrected chi connectivity index (χ0v) is 20.3. The Kier molecular flexibility index (Phi) is 8.82. The molecule has 2 atom stereocenters. The van der Waals surface area contributed by atoms with Crippen LogP contribution in [0.25, 0.3) is 0 Å². The fourth-order valence-corrected chi connectivity index (χ4v) is 5.04. The third kappa shape index (κ3) is 7.30. The lowest BCUT2D eigenvalue weighted by molar-refractivity contribution is 0.101. The monoisotopic (exact) mass is 482 g/mol. The smallest absolute Gasteiger partial charge is 0.131 e. The number of nitrogens with one attached hydrogen (secondary N) is 1. The third-order valence-corrected chi connectivity index (χ3v) is 7.27. The van der Waals surface area contributed by atoms with E-state index in [1.807, 2.05) is 48.5 Å². The molecule has 0 spiro atoms. The molecule has 33 heavy (non-hydrogen) atoms. The van der Waals surface area contributed by atoms with Gasteiger partial charge in [0.25, 0.3) is 0 Å². The lowest BCUT2D eigenvalue weighted by Crippen LogP contribution is -2.46. The van der Waals surface area contributed by atoms with Crippen LogP contribution in [0.2, 0.25) is 10.0 Å². The van der Waals surface area contributed by atoms with Gasteiger partial charge >= 0.3 is 0 Å². The molecule has 1 aliphatic rings. The molecule has 5 heteroatoms. The maximum Gasteiger partial charge on any atom is 0.131 e. The average Bonchev–Trinajstić information content (AvgIpc) is 2.84. The van der Waals surface area contributed by atoms with Gasteiger partial charge < -0.3 is 10.0 Å². The predicted octanol–water partition coefficient (Wildman–Crippen LogP) is 6.14. The van der Waals surface area contributed by atoms with Gasteiger partial charge in [0.1, 0.15) is 6.23 Å². The Bertz CT molecular complexity index is 991. The number of piperidine rings is 1. The van der Waals surface area contributed by atoms with E-state index in [-0.39, 0.29) is 6.04 Å². The van der Waals surface area contributed by atoms with E-state index in [1.54, 1.807) is 0 Å². The van der Waals surface area contributed by atoms with Gasteiger partial charge in [-0.25, -0.2) is 0 Å². The van der Waals surface area contributed by atoms with Crippen LogP contribution in [0.5, 0.6) is 0 Å². The molecule has 0 radical (unpaired) electrons. The highest BCUT2D eigenvalue weighted by molar-refractivity contribution is 6.42. The number of hydrogen-bond donors (Lipinski definition) is 2. The molecule has 1 fully saturated rings. The summed E-state index contributed by atoms with van der Waals surface area (Å²) >= 11 is 12.4. The van der Waals surface area contributed by atoms with Gasteiger partial charge in [-0.3, -0.25) is 5.32 Å². The fraction of sp³-hybridized carbons (Fsp3) is 0.357. The summed E-state index contributed by atoms with van der Waals surface area (Å²) < 4.78 is 0. The van der Waals surface area contributed by atoms with Gasteiger partial charge in [-0.15, -0.1) is 0 Å². The highest BCUT2D eigenvalue weighted by Gasteiger charge is 2.24. The minimum absolute atomic E-state index is 0.0862. The molecule has 4 rings (SSSR count). The number of rotatable bonds is 9. The molecule has 0 aromatic heterocycles. The second-order valence-electron chi connectivity index (χ2n) is 9.06. The maximum atomic E-state index is 10.8. The van der Waals surface area contributed by atoms with E-state index >= 15 is 0 Å². The minimum Gasteiger partial charge on any atom is -0.374 e. The van der Waals surface area contributed by atoms with E-state index in [2.05, 4.69) is 40.5 Å². The Morgan fingerprint density at radius 3 is 2.18 bits per heavy atom. The molecule has 0 bridgehead atoms. The second kappa shape index (κ2) is 12.0. The van der Waals surface area contributed by atoms with Crippen LogP contribution in [0.1, 0.15) is 35.8 Å². The van der Waals surface area contributed by atoms with Gasteiger partial charge in [-0.05, 0) is 73.5 Å². The topological polar surface area (TPSA) is 35.5 Å². The number of likely N-dealkylation sites (tertiary alicyclic amines) is 1. The van der Waals surface area contributed by atoms with E-state index in [9.17, 15) is 5.11 Å². The number of hydrogen-bond acceptors (Lipinski definition) is 3. The maximum absolute atomic E-state index is 10.8. The van der Waals surface area contributed by atoms with Gasteiger partial charge in [-0.1, -0.05) is 89.9 Å². The summed E-state index contributed by atoms with van der Waals surface area (Å²) in [7, 11) is 0. The number of nitrogens with zero attached hydrogens (tertiary/aromatic N) is 1. The zero-order valence-electron chi connectivity index (χ0n) is 18.8. The Hall–Kier alpha value is -1.88. The van der Waals surface area contributed by atoms with Crippen molar-refractivity contribution in [1.82, 2.24) is 10.2 Å². The van der Waals surface area contributed by atoms with Crippen LogP contribution < -0.4 is 5.32 Å². The molecule has 3 aromatic carbocycles. The molecule has 2 unspecified atom stereocenters. The van der Waals surface area contributed by atoms with E-state index in [0.717, 1.165) is 49.5 Å². The van der Waals surface area contributed by atoms with Crippen molar-refractivity contribution in [2.45, 2.75) is 38.0 Å². The molecule has 2 N–H and O–H groups in total. The normalized spacial score (nSPS) is 17.1. The molecule has 174 valence electrons. The van der Waals surface area contributed by atoms with Gasteiger partial charge in [-0.2, -0.15) is 0 Å². The third-order valence-electron chi connectivity index (χ3n) is 6.53. The lowest BCUT2D eigenvalue weighted by atomic mass is 9.90. The molecule has 3 aromatic rings. The molecular formula is C28H32Cl2N2O. The van der Waals surface area contributed by atoms with E-state index in [0.29, 0.717) is 10.0 Å². The zero-order chi connectivity index (χ0) is 23.0. The molecule has 1 heterocycles. The largest absolute Gasteiger partial charge is 0.374 e. The first-order chi connectivity index (χ1) is 16.1. The first kappa shape index (κ1) is 24.3. The average molecular weight is 483 g/mol. The van der Waals surface area contributed by atoms with Crippen molar-refractivity contribution in [3.63, 3.8) is 0 Å². The van der Waals surface area contributed by atoms with E-state index < -0.39 is 6.23 Å². The van der Waals surface area contributed by atoms with Crippen molar-refractivity contribution in [2.24, 2.45) is 5.92 Å². The fourth-order valence-electron chi connectivity index (χ4n) is 4.71. The van der Waals surface area contributed by atoms with Crippen LogP contribution in [-0.2, 0) is 12.8 Å². The standard InChI is InChI=1S/C28H32Cl2N2O/c29-26-12-11-23(19-27(26)30)18-25(31-28(33)24-9-5-2-6-10-24)20-32-15-13-22(14-16-32)17-21-7-3-1-4-8-21/h1-12,19,22,25,28,31,33H,13-18,20H2. The highest BCUT2D eigenvalue weighted by Crippen LogP contribution is 2.25. The first-order valence-corrected chi connectivity index (χ1v) is 12.5. The van der Waals surface area contributed by atoms with Crippen LogP contribution in [-0.4, -0.2) is 35.7 Å². The van der Waals surface area contributed by atoms with E-state index in [4.69, 9.17) is 23.2 Å². The SMILES string of the molecule is OC(NC(Cc1ccc(Cl)c(Cl)c1)CN1CCC(Cc2ccccc2)CC1)c1ccccc1. The molecule has 1 aliphatic heterocycles. The van der Waals surface area contributed by atoms with Gasteiger partial charge in [0.15, 0.2) is 0 Å². The van der Waals surface area contributed by atoms with Gasteiger partial charge in [0, 0.05) is 12.6 Å². The molecule has 1 saturated heterocycles. The summed E-state index contributed by atoms with van der Waals surface area (Å²) in [5.74, 6) is 0.736. The molecule has 3 nitrogen and oxygen atoms in total. The summed E-state index contributed by atoms with van der Waals surface area (Å²) in [6, 6.07) is 26.4. The Labute approximate surface area is 207 Å². The van der Waals surface area contributed by atoms with Crippen LogP contribution in [0.3, 0.4) is 0 Å². The summed E-state index contributed by atoms with van der Waals surface area (Å²) in [5, 5.41) is 15.4. The summed E-state index contributed by atoms with van der Waals surface area (Å²) in [6.07, 6.45) is 3.62. The van der Waals surface area contributed by atoms with Crippen LogP contribution in [0.15, 0.2) is 78.9 Å². The number of aliphatic hydroxyl groups excluding tert-OH is 1. The highest BCUT2D eigenvalue weighted by atomic mass is 35.5. The summed E-state index contributed by atoms with van der Waals surface area (Å²) in [5.41, 5.74) is 3.42. The van der Waals surface area contributed by atoms with Crippen molar-refractivity contribution in [3.8, 4) is 0 Å². The second-order valence-corrected chi connectivity index (χ2v) is 9.88. The minimum atomic E-state index is -0.713. The van der Waals surface area contributed by atoms with Crippen LogP contribution >= 0.6 is 23.2 Å². The van der Waals surface area contributed by atoms with E-state index in [1.165, 1.54) is 18.4 Å². The summed E-state index contributed by atoms with van der Waals surface area (Å²) in [6.45, 7) is 3.04. The van der Waals surface area contributed by atoms with Gasteiger partial charge in [0.05, 0.1) is 10.0 Å². The Balaban J connectivity index is 1.38. The quantitative estimate of drug-likeness (QED) is 0.359. The van der Waals surface area contributed by atoms with Crippen molar-refractivity contribution >= 4 is 23.2 Å². The molecule has 0 saturated carbocycles. The van der Waals surface area contributed by atoms with Crippen molar-refractivity contribution in [3.05, 3.63) is 106 Å². The van der Waals surface area contributed by atoms with Crippen LogP contribution in [0, 0.1) is 5.92 Å². The molecular weight excluding hydrogens is 451 g/mol. The number of benzene rings is 3. The number of halogens is 2. The predicted molar refractivity (Wildman–Crippen MR) is 138 cm³/mol. The number of aliphatic hydroxyl groups is 1. The summed E-state index contributed by atoms with van der Waals surface area (Å²) in [4.78, 5) is 2.52. The van der Waals surface area contributed by atoms with Crippen LogP contribution in [0.4, 0.5) is 0 Å². The van der Waals surface area contributed by atoms with Crippen molar-refractivity contribution in [1.29, 1.82) is 0 Å². The molecule has 0 aliphatic carbocycles. The Morgan fingerprint density at radius 2 is 1.52 bits per heavy atom. The first-order valence-electron chi connectivity index (χ1n) is 11.8. The molecule has 0 amide bonds. The lowest BCUT2D eigenvalue weighted by Gasteiger charge is -2.35. The van der Waals surface area contributed by atoms with Gasteiger partial charge in [0.2, 0.25) is 0 Å².